The van der Waals surface area contributed by atoms with Crippen LogP contribution in [0.15, 0.2) is 24.3 Å². The van der Waals surface area contributed by atoms with E-state index in [1.807, 2.05) is 6.07 Å². The molecule has 0 spiro atoms. The second kappa shape index (κ2) is 5.61. The van der Waals surface area contributed by atoms with Crippen molar-refractivity contribution in [3.63, 3.8) is 0 Å². The van der Waals surface area contributed by atoms with Crippen molar-refractivity contribution in [2.75, 3.05) is 18.5 Å². The molecule has 104 valence electrons. The molecule has 1 amide bonds. The SMILES string of the molecule is CN(C(=O)C1(CN)CCCCC1)c1cccc(O)c1. The third kappa shape index (κ3) is 2.73. The summed E-state index contributed by atoms with van der Waals surface area (Å²) in [5, 5.41) is 9.51. The molecular formula is C15H22N2O2. The molecule has 4 heteroatoms. The zero-order valence-corrected chi connectivity index (χ0v) is 11.4. The van der Waals surface area contributed by atoms with Gasteiger partial charge in [-0.25, -0.2) is 0 Å². The third-order valence-corrected chi connectivity index (χ3v) is 4.18. The van der Waals surface area contributed by atoms with Crippen molar-refractivity contribution in [3.05, 3.63) is 24.3 Å². The lowest BCUT2D eigenvalue weighted by Gasteiger charge is -2.37. The van der Waals surface area contributed by atoms with Crippen LogP contribution in [0, 0.1) is 5.41 Å². The van der Waals surface area contributed by atoms with E-state index in [1.54, 1.807) is 30.1 Å². The fourth-order valence-electron chi connectivity index (χ4n) is 2.91. The molecular weight excluding hydrogens is 240 g/mol. The van der Waals surface area contributed by atoms with Crippen LogP contribution in [0.2, 0.25) is 0 Å². The number of anilines is 1. The Labute approximate surface area is 114 Å². The molecule has 19 heavy (non-hydrogen) atoms. The predicted molar refractivity (Wildman–Crippen MR) is 76.1 cm³/mol. The lowest BCUT2D eigenvalue weighted by atomic mass is 9.73. The number of phenols is 1. The van der Waals surface area contributed by atoms with Gasteiger partial charge in [-0.05, 0) is 25.0 Å². The van der Waals surface area contributed by atoms with E-state index in [9.17, 15) is 9.90 Å². The number of carbonyl (C=O) groups excluding carboxylic acids is 1. The maximum Gasteiger partial charge on any atom is 0.234 e. The molecule has 1 aliphatic rings. The van der Waals surface area contributed by atoms with Gasteiger partial charge in [0.15, 0.2) is 0 Å². The van der Waals surface area contributed by atoms with Crippen LogP contribution in [-0.4, -0.2) is 24.6 Å². The zero-order chi connectivity index (χ0) is 13.9. The summed E-state index contributed by atoms with van der Waals surface area (Å²) in [6, 6.07) is 6.77. The Morgan fingerprint density at radius 2 is 2.05 bits per heavy atom. The number of phenolic OH excluding ortho intramolecular Hbond substituents is 1. The highest BCUT2D eigenvalue weighted by Crippen LogP contribution is 2.38. The number of benzene rings is 1. The van der Waals surface area contributed by atoms with Gasteiger partial charge in [-0.1, -0.05) is 25.3 Å². The molecule has 0 atom stereocenters. The van der Waals surface area contributed by atoms with E-state index in [-0.39, 0.29) is 11.7 Å². The Bertz CT molecular complexity index is 453. The number of rotatable bonds is 3. The Morgan fingerprint density at radius 1 is 1.37 bits per heavy atom. The number of amides is 1. The number of aromatic hydroxyl groups is 1. The van der Waals surface area contributed by atoms with E-state index in [1.165, 1.54) is 6.42 Å². The van der Waals surface area contributed by atoms with Crippen molar-refractivity contribution >= 4 is 11.6 Å². The first-order valence-corrected chi connectivity index (χ1v) is 6.86. The molecule has 0 saturated heterocycles. The van der Waals surface area contributed by atoms with E-state index in [2.05, 4.69) is 0 Å². The minimum absolute atomic E-state index is 0.0697. The Hall–Kier alpha value is -1.55. The summed E-state index contributed by atoms with van der Waals surface area (Å²) in [5.41, 5.74) is 6.18. The molecule has 2 rings (SSSR count). The lowest BCUT2D eigenvalue weighted by molar-refractivity contribution is -0.129. The van der Waals surface area contributed by atoms with Gasteiger partial charge >= 0.3 is 0 Å². The summed E-state index contributed by atoms with van der Waals surface area (Å²) in [4.78, 5) is 14.4. The molecule has 0 aliphatic heterocycles. The minimum Gasteiger partial charge on any atom is -0.508 e. The molecule has 1 aromatic carbocycles. The van der Waals surface area contributed by atoms with Crippen molar-refractivity contribution in [3.8, 4) is 5.75 Å². The summed E-state index contributed by atoms with van der Waals surface area (Å²) < 4.78 is 0. The van der Waals surface area contributed by atoms with E-state index >= 15 is 0 Å². The molecule has 0 bridgehead atoms. The highest BCUT2D eigenvalue weighted by molar-refractivity contribution is 5.97. The molecule has 0 aromatic heterocycles. The largest absolute Gasteiger partial charge is 0.508 e. The number of hydrogen-bond donors (Lipinski definition) is 2. The Kier molecular flexibility index (Phi) is 4.10. The van der Waals surface area contributed by atoms with Gasteiger partial charge < -0.3 is 15.7 Å². The van der Waals surface area contributed by atoms with Crippen LogP contribution in [0.3, 0.4) is 0 Å². The quantitative estimate of drug-likeness (QED) is 0.878. The van der Waals surface area contributed by atoms with Crippen molar-refractivity contribution in [2.24, 2.45) is 11.1 Å². The molecule has 4 nitrogen and oxygen atoms in total. The van der Waals surface area contributed by atoms with E-state index in [0.717, 1.165) is 25.7 Å². The first kappa shape index (κ1) is 13.9. The van der Waals surface area contributed by atoms with Crippen molar-refractivity contribution in [1.29, 1.82) is 0 Å². The maximum atomic E-state index is 12.7. The van der Waals surface area contributed by atoms with Crippen LogP contribution in [0.5, 0.6) is 5.75 Å². The van der Waals surface area contributed by atoms with Crippen LogP contribution in [0.4, 0.5) is 5.69 Å². The maximum absolute atomic E-state index is 12.7. The van der Waals surface area contributed by atoms with Crippen LogP contribution in [-0.2, 0) is 4.79 Å². The molecule has 0 heterocycles. The van der Waals surface area contributed by atoms with Gasteiger partial charge in [0.1, 0.15) is 5.75 Å². The highest BCUT2D eigenvalue weighted by Gasteiger charge is 2.40. The second-order valence-corrected chi connectivity index (χ2v) is 5.43. The van der Waals surface area contributed by atoms with Crippen molar-refractivity contribution in [2.45, 2.75) is 32.1 Å². The van der Waals surface area contributed by atoms with Gasteiger partial charge in [-0.2, -0.15) is 0 Å². The summed E-state index contributed by atoms with van der Waals surface area (Å²) in [6.07, 6.45) is 5.05. The summed E-state index contributed by atoms with van der Waals surface area (Å²) in [5.74, 6) is 0.239. The van der Waals surface area contributed by atoms with Crippen LogP contribution in [0.1, 0.15) is 32.1 Å². The smallest absolute Gasteiger partial charge is 0.234 e. The predicted octanol–water partition coefficient (Wildman–Crippen LogP) is 2.26. The van der Waals surface area contributed by atoms with Crippen molar-refractivity contribution in [1.82, 2.24) is 0 Å². The van der Waals surface area contributed by atoms with Gasteiger partial charge in [-0.15, -0.1) is 0 Å². The van der Waals surface area contributed by atoms with Crippen LogP contribution >= 0.6 is 0 Å². The van der Waals surface area contributed by atoms with E-state index in [0.29, 0.717) is 12.2 Å². The third-order valence-electron chi connectivity index (χ3n) is 4.18. The minimum atomic E-state index is -0.418. The lowest BCUT2D eigenvalue weighted by Crippen LogP contribution is -2.48. The standard InChI is InChI=1S/C15H22N2O2/c1-17(12-6-5-7-13(18)10-12)14(19)15(11-16)8-3-2-4-9-15/h5-7,10,18H,2-4,8-9,11,16H2,1H3. The number of nitrogens with two attached hydrogens (primary N) is 1. The molecule has 1 aromatic rings. The van der Waals surface area contributed by atoms with Crippen molar-refractivity contribution < 1.29 is 9.90 Å². The van der Waals surface area contributed by atoms with Gasteiger partial charge in [0.2, 0.25) is 5.91 Å². The average molecular weight is 262 g/mol. The Morgan fingerprint density at radius 3 is 2.63 bits per heavy atom. The van der Waals surface area contributed by atoms with Crippen LogP contribution < -0.4 is 10.6 Å². The molecule has 0 radical (unpaired) electrons. The topological polar surface area (TPSA) is 66.6 Å². The molecule has 3 N–H and O–H groups in total. The van der Waals surface area contributed by atoms with Gasteiger partial charge in [0.25, 0.3) is 0 Å². The summed E-state index contributed by atoms with van der Waals surface area (Å²) >= 11 is 0. The second-order valence-electron chi connectivity index (χ2n) is 5.43. The van der Waals surface area contributed by atoms with Gasteiger partial charge in [-0.3, -0.25) is 4.79 Å². The highest BCUT2D eigenvalue weighted by atomic mass is 16.3. The number of nitrogens with zero attached hydrogens (tertiary/aromatic N) is 1. The molecule has 0 unspecified atom stereocenters. The van der Waals surface area contributed by atoms with E-state index < -0.39 is 5.41 Å². The monoisotopic (exact) mass is 262 g/mol. The number of carbonyl (C=O) groups is 1. The zero-order valence-electron chi connectivity index (χ0n) is 11.4. The first-order valence-electron chi connectivity index (χ1n) is 6.86. The normalized spacial score (nSPS) is 18.0. The van der Waals surface area contributed by atoms with Crippen LogP contribution in [0.25, 0.3) is 0 Å². The fraction of sp³-hybridized carbons (Fsp3) is 0.533. The van der Waals surface area contributed by atoms with E-state index in [4.69, 9.17) is 5.73 Å². The summed E-state index contributed by atoms with van der Waals surface area (Å²) in [7, 11) is 1.75. The summed E-state index contributed by atoms with van der Waals surface area (Å²) in [6.45, 7) is 0.398. The van der Waals surface area contributed by atoms with Gasteiger partial charge in [0, 0.05) is 25.3 Å². The number of hydrogen-bond acceptors (Lipinski definition) is 3. The molecule has 1 fully saturated rings. The average Bonchev–Trinajstić information content (AvgIpc) is 2.46. The molecule has 1 aliphatic carbocycles. The fourth-order valence-corrected chi connectivity index (χ4v) is 2.91. The van der Waals surface area contributed by atoms with Gasteiger partial charge in [0.05, 0.1) is 5.41 Å². The Balaban J connectivity index is 2.22. The first-order chi connectivity index (χ1) is 9.09. The molecule has 1 saturated carbocycles.